The van der Waals surface area contributed by atoms with Crippen LogP contribution in [-0.4, -0.2) is 31.8 Å². The normalized spacial score (nSPS) is 23.6. The van der Waals surface area contributed by atoms with E-state index in [2.05, 4.69) is 6.92 Å². The molecule has 1 heterocycles. The molecule has 1 aliphatic rings. The highest BCUT2D eigenvalue weighted by molar-refractivity contribution is 8.13. The predicted octanol–water partition coefficient (Wildman–Crippen LogP) is 2.48. The summed E-state index contributed by atoms with van der Waals surface area (Å²) in [6.07, 6.45) is 0.971. The molecule has 0 aromatic heterocycles. The molecule has 4 nitrogen and oxygen atoms in total. The van der Waals surface area contributed by atoms with Crippen molar-refractivity contribution in [3.63, 3.8) is 0 Å². The fraction of sp³-hybridized carbons (Fsp3) is 0.462. The molecule has 2 unspecified atom stereocenters. The van der Waals surface area contributed by atoms with Crippen LogP contribution in [0, 0.1) is 5.92 Å². The Balaban J connectivity index is 2.30. The fourth-order valence-corrected chi connectivity index (χ4v) is 3.33. The fourth-order valence-electron chi connectivity index (χ4n) is 2.53. The van der Waals surface area contributed by atoms with Crippen LogP contribution in [0.25, 0.3) is 0 Å². The minimum absolute atomic E-state index is 0.0417. The summed E-state index contributed by atoms with van der Waals surface area (Å²) in [5, 5.41) is 0. The molecule has 0 N–H and O–H groups in total. The first-order valence-electron chi connectivity index (χ1n) is 6.14. The zero-order chi connectivity index (χ0) is 14.2. The van der Waals surface area contributed by atoms with Gasteiger partial charge in [-0.1, -0.05) is 13.0 Å². The van der Waals surface area contributed by atoms with Crippen LogP contribution in [0.3, 0.4) is 0 Å². The number of rotatable bonds is 2. The smallest absolute Gasteiger partial charge is 0.261 e. The molecular formula is C13H16ClNO3S. The number of carbonyl (C=O) groups excluding carboxylic acids is 1. The van der Waals surface area contributed by atoms with Crippen LogP contribution in [0.1, 0.15) is 30.6 Å². The Morgan fingerprint density at radius 2 is 2.05 bits per heavy atom. The summed E-state index contributed by atoms with van der Waals surface area (Å²) in [7, 11) is 1.49. The molecule has 19 heavy (non-hydrogen) atoms. The van der Waals surface area contributed by atoms with Crippen LogP contribution in [-0.2, 0) is 9.05 Å². The highest BCUT2D eigenvalue weighted by Gasteiger charge is 2.30. The molecule has 0 spiro atoms. The van der Waals surface area contributed by atoms with Gasteiger partial charge in [0.15, 0.2) is 0 Å². The third kappa shape index (κ3) is 3.09. The van der Waals surface area contributed by atoms with Gasteiger partial charge in [0.2, 0.25) is 0 Å². The third-order valence-electron chi connectivity index (χ3n) is 3.41. The molecule has 104 valence electrons. The third-order valence-corrected chi connectivity index (χ3v) is 4.76. The summed E-state index contributed by atoms with van der Waals surface area (Å²) in [6.45, 7) is 4.81. The summed E-state index contributed by atoms with van der Waals surface area (Å²) >= 11 is 0. The van der Waals surface area contributed by atoms with Crippen molar-refractivity contribution in [3.05, 3.63) is 29.8 Å². The molecule has 1 fully saturated rings. The molecule has 1 saturated heterocycles. The minimum atomic E-state index is -3.81. The SMILES string of the molecule is CC1CC(C)N(C(=O)c2cccc(S(=O)(=O)Cl)c2)C1. The maximum Gasteiger partial charge on any atom is 0.261 e. The second-order valence-electron chi connectivity index (χ2n) is 5.11. The molecule has 6 heteroatoms. The molecule has 2 rings (SSSR count). The summed E-state index contributed by atoms with van der Waals surface area (Å²) < 4.78 is 22.6. The van der Waals surface area contributed by atoms with Gasteiger partial charge in [-0.25, -0.2) is 8.42 Å². The van der Waals surface area contributed by atoms with Crippen molar-refractivity contribution >= 4 is 25.6 Å². The van der Waals surface area contributed by atoms with E-state index in [0.29, 0.717) is 18.0 Å². The molecule has 0 radical (unpaired) electrons. The van der Waals surface area contributed by atoms with Crippen molar-refractivity contribution in [1.29, 1.82) is 0 Å². The van der Waals surface area contributed by atoms with E-state index < -0.39 is 9.05 Å². The first kappa shape index (κ1) is 14.3. The summed E-state index contributed by atoms with van der Waals surface area (Å²) in [5.74, 6) is 0.331. The highest BCUT2D eigenvalue weighted by Crippen LogP contribution is 2.25. The molecule has 1 aromatic carbocycles. The monoisotopic (exact) mass is 301 g/mol. The molecular weight excluding hydrogens is 286 g/mol. The lowest BCUT2D eigenvalue weighted by Gasteiger charge is -2.21. The maximum atomic E-state index is 12.4. The number of likely N-dealkylation sites (tertiary alicyclic amines) is 1. The zero-order valence-corrected chi connectivity index (χ0v) is 12.4. The number of hydrogen-bond acceptors (Lipinski definition) is 3. The average Bonchev–Trinajstić information content (AvgIpc) is 2.66. The molecule has 2 atom stereocenters. The molecule has 1 amide bonds. The highest BCUT2D eigenvalue weighted by atomic mass is 35.7. The first-order valence-corrected chi connectivity index (χ1v) is 8.45. The van der Waals surface area contributed by atoms with Gasteiger partial charge in [0.1, 0.15) is 0 Å². The van der Waals surface area contributed by atoms with E-state index in [1.165, 1.54) is 18.2 Å². The predicted molar refractivity (Wildman–Crippen MR) is 73.8 cm³/mol. The second kappa shape index (κ2) is 5.13. The Labute approximate surface area is 117 Å². The number of halogens is 1. The number of nitrogens with zero attached hydrogens (tertiary/aromatic N) is 1. The zero-order valence-electron chi connectivity index (χ0n) is 10.8. The van der Waals surface area contributed by atoms with Crippen molar-refractivity contribution < 1.29 is 13.2 Å². The van der Waals surface area contributed by atoms with Gasteiger partial charge < -0.3 is 4.90 Å². The minimum Gasteiger partial charge on any atom is -0.336 e. The Hall–Kier alpha value is -1.07. The van der Waals surface area contributed by atoms with Gasteiger partial charge in [0.25, 0.3) is 15.0 Å². The quantitative estimate of drug-likeness (QED) is 0.789. The van der Waals surface area contributed by atoms with E-state index in [0.717, 1.165) is 6.42 Å². The van der Waals surface area contributed by atoms with Gasteiger partial charge in [-0.05, 0) is 37.5 Å². The van der Waals surface area contributed by atoms with Gasteiger partial charge in [-0.3, -0.25) is 4.79 Å². The van der Waals surface area contributed by atoms with E-state index in [4.69, 9.17) is 10.7 Å². The van der Waals surface area contributed by atoms with Gasteiger partial charge in [-0.2, -0.15) is 0 Å². The molecule has 0 saturated carbocycles. The summed E-state index contributed by atoms with van der Waals surface area (Å²) in [6, 6.07) is 6.05. The number of amides is 1. The number of carbonyl (C=O) groups is 1. The van der Waals surface area contributed by atoms with E-state index in [1.807, 2.05) is 6.92 Å². The Bertz CT molecular complexity index is 600. The van der Waals surface area contributed by atoms with Crippen molar-refractivity contribution in [3.8, 4) is 0 Å². The lowest BCUT2D eigenvalue weighted by molar-refractivity contribution is 0.0743. The molecule has 1 aromatic rings. The van der Waals surface area contributed by atoms with E-state index in [-0.39, 0.29) is 16.8 Å². The maximum absolute atomic E-state index is 12.4. The van der Waals surface area contributed by atoms with Gasteiger partial charge in [0.05, 0.1) is 4.90 Å². The van der Waals surface area contributed by atoms with Crippen LogP contribution in [0.2, 0.25) is 0 Å². The van der Waals surface area contributed by atoms with Crippen molar-refractivity contribution in [1.82, 2.24) is 4.90 Å². The molecule has 0 bridgehead atoms. The largest absolute Gasteiger partial charge is 0.336 e. The topological polar surface area (TPSA) is 54.5 Å². The Morgan fingerprint density at radius 1 is 1.37 bits per heavy atom. The first-order chi connectivity index (χ1) is 8.79. The van der Waals surface area contributed by atoms with Crippen LogP contribution in [0.15, 0.2) is 29.2 Å². The molecule has 1 aliphatic heterocycles. The summed E-state index contributed by atoms with van der Waals surface area (Å²) in [5.41, 5.74) is 0.364. The number of hydrogen-bond donors (Lipinski definition) is 0. The van der Waals surface area contributed by atoms with Crippen LogP contribution >= 0.6 is 10.7 Å². The Kier molecular flexibility index (Phi) is 3.87. The number of benzene rings is 1. The molecule has 0 aliphatic carbocycles. The van der Waals surface area contributed by atoms with Crippen LogP contribution in [0.5, 0.6) is 0 Å². The standard InChI is InChI=1S/C13H16ClNO3S/c1-9-6-10(2)15(8-9)13(16)11-4-3-5-12(7-11)19(14,17)18/h3-5,7,9-10H,6,8H2,1-2H3. The van der Waals surface area contributed by atoms with Crippen LogP contribution in [0.4, 0.5) is 0 Å². The van der Waals surface area contributed by atoms with Crippen molar-refractivity contribution in [2.24, 2.45) is 5.92 Å². The van der Waals surface area contributed by atoms with E-state index in [1.54, 1.807) is 11.0 Å². The van der Waals surface area contributed by atoms with Crippen molar-refractivity contribution in [2.45, 2.75) is 31.2 Å². The average molecular weight is 302 g/mol. The second-order valence-corrected chi connectivity index (χ2v) is 7.68. The van der Waals surface area contributed by atoms with Crippen LogP contribution < -0.4 is 0 Å². The van der Waals surface area contributed by atoms with E-state index >= 15 is 0 Å². The van der Waals surface area contributed by atoms with Gasteiger partial charge >= 0.3 is 0 Å². The van der Waals surface area contributed by atoms with Gasteiger partial charge in [-0.15, -0.1) is 0 Å². The lowest BCUT2D eigenvalue weighted by atomic mass is 10.1. The lowest BCUT2D eigenvalue weighted by Crippen LogP contribution is -2.34. The van der Waals surface area contributed by atoms with E-state index in [9.17, 15) is 13.2 Å². The van der Waals surface area contributed by atoms with Gasteiger partial charge in [0, 0.05) is 28.8 Å². The van der Waals surface area contributed by atoms with Crippen molar-refractivity contribution in [2.75, 3.05) is 6.54 Å². The summed E-state index contributed by atoms with van der Waals surface area (Å²) in [4.78, 5) is 14.1. The Morgan fingerprint density at radius 3 is 2.58 bits per heavy atom.